The Labute approximate surface area is 121 Å². The third-order valence-corrected chi connectivity index (χ3v) is 4.22. The van der Waals surface area contributed by atoms with Gasteiger partial charge in [0.15, 0.2) is 11.6 Å². The van der Waals surface area contributed by atoms with Crippen LogP contribution in [0, 0.1) is 11.6 Å². The number of benzene rings is 2. The van der Waals surface area contributed by atoms with Gasteiger partial charge in [0.1, 0.15) is 0 Å². The van der Waals surface area contributed by atoms with Crippen LogP contribution in [0.25, 0.3) is 0 Å². The van der Waals surface area contributed by atoms with Crippen molar-refractivity contribution in [3.63, 3.8) is 0 Å². The Kier molecular flexibility index (Phi) is 4.24. The molecule has 0 heterocycles. The van der Waals surface area contributed by atoms with Crippen LogP contribution in [0.1, 0.15) is 18.6 Å². The number of nitrogens with one attached hydrogen (secondary N) is 1. The molecule has 2 aromatic rings. The van der Waals surface area contributed by atoms with Crippen molar-refractivity contribution < 1.29 is 22.3 Å². The number of rotatable bonds is 4. The largest absolute Gasteiger partial charge is 0.389 e. The van der Waals surface area contributed by atoms with E-state index >= 15 is 0 Å². The van der Waals surface area contributed by atoms with E-state index in [4.69, 9.17) is 0 Å². The van der Waals surface area contributed by atoms with Crippen molar-refractivity contribution in [3.05, 3.63) is 59.7 Å². The van der Waals surface area contributed by atoms with Crippen molar-refractivity contribution in [3.8, 4) is 0 Å². The van der Waals surface area contributed by atoms with Crippen LogP contribution in [0.5, 0.6) is 0 Å². The first-order valence-electron chi connectivity index (χ1n) is 6.06. The lowest BCUT2D eigenvalue weighted by Gasteiger charge is -2.14. The number of halogens is 2. The van der Waals surface area contributed by atoms with Gasteiger partial charge in [0.05, 0.1) is 16.7 Å². The van der Waals surface area contributed by atoms with Crippen molar-refractivity contribution in [2.24, 2.45) is 0 Å². The zero-order chi connectivity index (χ0) is 15.6. The Bertz CT molecular complexity index is 761. The van der Waals surface area contributed by atoms with Crippen molar-refractivity contribution in [1.82, 2.24) is 0 Å². The van der Waals surface area contributed by atoms with Gasteiger partial charge in [-0.2, -0.15) is 0 Å². The third-order valence-electron chi connectivity index (χ3n) is 2.86. The van der Waals surface area contributed by atoms with Crippen LogP contribution in [0.3, 0.4) is 0 Å². The molecule has 0 aliphatic heterocycles. The monoisotopic (exact) mass is 313 g/mol. The van der Waals surface area contributed by atoms with Gasteiger partial charge in [-0.05, 0) is 31.2 Å². The van der Waals surface area contributed by atoms with E-state index in [-0.39, 0.29) is 5.69 Å². The molecule has 0 aliphatic carbocycles. The molecule has 4 nitrogen and oxygen atoms in total. The second-order valence-electron chi connectivity index (χ2n) is 4.44. The van der Waals surface area contributed by atoms with E-state index in [0.717, 1.165) is 12.1 Å². The quantitative estimate of drug-likeness (QED) is 0.912. The Morgan fingerprint density at radius 1 is 1.10 bits per heavy atom. The number of aliphatic hydroxyl groups excluding tert-OH is 1. The summed E-state index contributed by atoms with van der Waals surface area (Å²) >= 11 is 0. The molecular weight excluding hydrogens is 300 g/mol. The van der Waals surface area contributed by atoms with E-state index in [2.05, 4.69) is 4.72 Å². The zero-order valence-electron chi connectivity index (χ0n) is 11.0. The molecule has 0 amide bonds. The first kappa shape index (κ1) is 15.4. The molecule has 0 spiro atoms. The summed E-state index contributed by atoms with van der Waals surface area (Å²) in [4.78, 5) is -0.401. The maximum Gasteiger partial charge on any atom is 0.262 e. The molecule has 2 rings (SSSR count). The second kappa shape index (κ2) is 5.79. The van der Waals surface area contributed by atoms with Crippen LogP contribution in [0.2, 0.25) is 0 Å². The molecule has 7 heteroatoms. The minimum absolute atomic E-state index is 0.178. The first-order valence-corrected chi connectivity index (χ1v) is 7.54. The zero-order valence-corrected chi connectivity index (χ0v) is 11.9. The normalized spacial score (nSPS) is 13.0. The van der Waals surface area contributed by atoms with E-state index in [1.165, 1.54) is 13.0 Å². The Balaban J connectivity index is 2.40. The number of aliphatic hydroxyl groups is 1. The summed E-state index contributed by atoms with van der Waals surface area (Å²) in [6.07, 6.45) is -0.881. The van der Waals surface area contributed by atoms with Crippen LogP contribution < -0.4 is 4.72 Å². The molecule has 0 fully saturated rings. The SMILES string of the molecule is CC(O)c1ccccc1NS(=O)(=O)c1ccc(F)c(F)c1. The average Bonchev–Trinajstić information content (AvgIpc) is 2.41. The van der Waals surface area contributed by atoms with Gasteiger partial charge < -0.3 is 5.11 Å². The van der Waals surface area contributed by atoms with Gasteiger partial charge in [-0.3, -0.25) is 4.72 Å². The molecule has 0 aliphatic rings. The summed E-state index contributed by atoms with van der Waals surface area (Å²) in [5, 5.41) is 9.61. The Morgan fingerprint density at radius 2 is 1.76 bits per heavy atom. The standard InChI is InChI=1S/C14H13F2NO3S/c1-9(18)11-4-2-3-5-14(11)17-21(19,20)10-6-7-12(15)13(16)8-10/h2-9,17-18H,1H3. The molecule has 2 aromatic carbocycles. The lowest BCUT2D eigenvalue weighted by atomic mass is 10.1. The van der Waals surface area contributed by atoms with Gasteiger partial charge in [-0.15, -0.1) is 0 Å². The summed E-state index contributed by atoms with van der Waals surface area (Å²) in [6, 6.07) is 8.58. The number of para-hydroxylation sites is 1. The predicted molar refractivity (Wildman–Crippen MR) is 74.2 cm³/mol. The first-order chi connectivity index (χ1) is 9.81. The smallest absolute Gasteiger partial charge is 0.262 e. The van der Waals surface area contributed by atoms with E-state index in [9.17, 15) is 22.3 Å². The summed E-state index contributed by atoms with van der Waals surface area (Å²) in [6.45, 7) is 1.49. The van der Waals surface area contributed by atoms with Crippen LogP contribution in [-0.4, -0.2) is 13.5 Å². The van der Waals surface area contributed by atoms with Crippen molar-refractivity contribution in [2.75, 3.05) is 4.72 Å². The topological polar surface area (TPSA) is 66.4 Å². The third kappa shape index (κ3) is 3.37. The lowest BCUT2D eigenvalue weighted by Crippen LogP contribution is -2.15. The number of anilines is 1. The fourth-order valence-electron chi connectivity index (χ4n) is 1.80. The van der Waals surface area contributed by atoms with E-state index < -0.39 is 32.7 Å². The number of sulfonamides is 1. The van der Waals surface area contributed by atoms with Gasteiger partial charge in [0.25, 0.3) is 10.0 Å². The fraction of sp³-hybridized carbons (Fsp3) is 0.143. The van der Waals surface area contributed by atoms with Crippen molar-refractivity contribution in [2.45, 2.75) is 17.9 Å². The highest BCUT2D eigenvalue weighted by Gasteiger charge is 2.19. The molecule has 0 saturated heterocycles. The molecule has 2 N–H and O–H groups in total. The lowest BCUT2D eigenvalue weighted by molar-refractivity contribution is 0.200. The summed E-state index contributed by atoms with van der Waals surface area (Å²) in [5.41, 5.74) is 0.556. The Morgan fingerprint density at radius 3 is 2.38 bits per heavy atom. The molecule has 1 atom stereocenters. The maximum atomic E-state index is 13.1. The van der Waals surface area contributed by atoms with Gasteiger partial charge in [0.2, 0.25) is 0 Å². The molecule has 0 aromatic heterocycles. The maximum absolute atomic E-state index is 13.1. The van der Waals surface area contributed by atoms with Crippen LogP contribution in [0.4, 0.5) is 14.5 Å². The molecule has 0 saturated carbocycles. The summed E-state index contributed by atoms with van der Waals surface area (Å²) in [5.74, 6) is -2.37. The van der Waals surface area contributed by atoms with Crippen molar-refractivity contribution >= 4 is 15.7 Å². The van der Waals surface area contributed by atoms with E-state index in [1.807, 2.05) is 0 Å². The highest BCUT2D eigenvalue weighted by atomic mass is 32.2. The molecular formula is C14H13F2NO3S. The highest BCUT2D eigenvalue weighted by molar-refractivity contribution is 7.92. The van der Waals surface area contributed by atoms with Crippen molar-refractivity contribution in [1.29, 1.82) is 0 Å². The summed E-state index contributed by atoms with van der Waals surface area (Å²) in [7, 11) is -4.08. The van der Waals surface area contributed by atoms with Gasteiger partial charge in [0, 0.05) is 5.56 Å². The average molecular weight is 313 g/mol. The van der Waals surface area contributed by atoms with Gasteiger partial charge in [-0.1, -0.05) is 18.2 Å². The van der Waals surface area contributed by atoms with Gasteiger partial charge >= 0.3 is 0 Å². The molecule has 0 bridgehead atoms. The molecule has 21 heavy (non-hydrogen) atoms. The number of hydrogen-bond donors (Lipinski definition) is 2. The van der Waals surface area contributed by atoms with Crippen LogP contribution >= 0.6 is 0 Å². The van der Waals surface area contributed by atoms with E-state index in [1.54, 1.807) is 18.2 Å². The molecule has 112 valence electrons. The van der Waals surface area contributed by atoms with Crippen LogP contribution in [-0.2, 0) is 10.0 Å². The number of hydrogen-bond acceptors (Lipinski definition) is 3. The van der Waals surface area contributed by atoms with E-state index in [0.29, 0.717) is 11.6 Å². The fourth-order valence-corrected chi connectivity index (χ4v) is 2.90. The van der Waals surface area contributed by atoms with Crippen LogP contribution in [0.15, 0.2) is 47.4 Å². The molecule has 1 unspecified atom stereocenters. The predicted octanol–water partition coefficient (Wildman–Crippen LogP) is 2.82. The Hall–Kier alpha value is -1.99. The minimum Gasteiger partial charge on any atom is -0.389 e. The summed E-state index contributed by atoms with van der Waals surface area (Å²) < 4.78 is 52.6. The second-order valence-corrected chi connectivity index (χ2v) is 6.13. The van der Waals surface area contributed by atoms with Gasteiger partial charge in [-0.25, -0.2) is 17.2 Å². The minimum atomic E-state index is -4.08. The highest BCUT2D eigenvalue weighted by Crippen LogP contribution is 2.25. The molecule has 0 radical (unpaired) electrons.